The van der Waals surface area contributed by atoms with Crippen molar-refractivity contribution in [1.82, 2.24) is 14.9 Å². The first-order chi connectivity index (χ1) is 9.63. The van der Waals surface area contributed by atoms with Crippen molar-refractivity contribution in [2.24, 2.45) is 0 Å². The summed E-state index contributed by atoms with van der Waals surface area (Å²) in [6.07, 6.45) is 2.48. The van der Waals surface area contributed by atoms with Gasteiger partial charge in [-0.1, -0.05) is 0 Å². The highest BCUT2D eigenvalue weighted by atomic mass is 32.1. The summed E-state index contributed by atoms with van der Waals surface area (Å²) in [5, 5.41) is 3.42. The van der Waals surface area contributed by atoms with Gasteiger partial charge in [-0.2, -0.15) is 0 Å². The van der Waals surface area contributed by atoms with E-state index in [-0.39, 0.29) is 11.7 Å². The van der Waals surface area contributed by atoms with E-state index in [9.17, 15) is 4.79 Å². The molecule has 1 amide bonds. The third-order valence-corrected chi connectivity index (χ3v) is 4.22. The molecule has 20 heavy (non-hydrogen) atoms. The number of fused-ring (bicyclic) bond motifs is 1. The average Bonchev–Trinajstić information content (AvgIpc) is 2.80. The van der Waals surface area contributed by atoms with Crippen LogP contribution in [-0.2, 0) is 13.0 Å². The zero-order chi connectivity index (χ0) is 14.1. The molecule has 0 unspecified atom stereocenters. The number of amides is 1. The molecule has 1 aliphatic rings. The number of rotatable bonds is 2. The second-order valence-corrected chi connectivity index (χ2v) is 5.85. The summed E-state index contributed by atoms with van der Waals surface area (Å²) in [5.74, 6) is -0.0406. The molecule has 0 atom stereocenters. The van der Waals surface area contributed by atoms with Crippen molar-refractivity contribution >= 4 is 28.2 Å². The van der Waals surface area contributed by atoms with E-state index in [4.69, 9.17) is 5.73 Å². The van der Waals surface area contributed by atoms with Gasteiger partial charge in [-0.05, 0) is 19.2 Å². The number of anilines is 2. The third kappa shape index (κ3) is 2.50. The fourth-order valence-corrected chi connectivity index (χ4v) is 3.23. The number of nitrogens with two attached hydrogens (primary N) is 1. The maximum Gasteiger partial charge on any atom is 0.261 e. The van der Waals surface area contributed by atoms with Crippen molar-refractivity contribution in [3.05, 3.63) is 34.5 Å². The number of nitrogens with one attached hydrogen (secondary N) is 1. The molecule has 3 rings (SSSR count). The highest BCUT2D eigenvalue weighted by molar-refractivity contribution is 7.15. The van der Waals surface area contributed by atoms with Crippen LogP contribution in [0.3, 0.4) is 0 Å². The number of nitrogens with zero attached hydrogens (tertiary/aromatic N) is 3. The van der Waals surface area contributed by atoms with Gasteiger partial charge >= 0.3 is 0 Å². The zero-order valence-corrected chi connectivity index (χ0v) is 11.9. The van der Waals surface area contributed by atoms with Crippen LogP contribution in [0, 0.1) is 0 Å². The van der Waals surface area contributed by atoms with E-state index in [1.165, 1.54) is 16.2 Å². The minimum atomic E-state index is -0.268. The summed E-state index contributed by atoms with van der Waals surface area (Å²) in [4.78, 5) is 24.0. The Hall–Kier alpha value is -1.99. The summed E-state index contributed by atoms with van der Waals surface area (Å²) in [7, 11) is 2.08. The molecular formula is C13H15N5OS. The lowest BCUT2D eigenvalue weighted by atomic mass is 10.2. The number of pyridine rings is 1. The van der Waals surface area contributed by atoms with Gasteiger partial charge in [-0.25, -0.2) is 9.97 Å². The summed E-state index contributed by atoms with van der Waals surface area (Å²) >= 11 is 1.52. The van der Waals surface area contributed by atoms with E-state index in [0.29, 0.717) is 10.7 Å². The molecule has 3 N–H and O–H groups in total. The van der Waals surface area contributed by atoms with E-state index >= 15 is 0 Å². The average molecular weight is 289 g/mol. The first kappa shape index (κ1) is 13.0. The Bertz CT molecular complexity index is 654. The third-order valence-electron chi connectivity index (χ3n) is 3.23. The summed E-state index contributed by atoms with van der Waals surface area (Å²) in [5.41, 5.74) is 7.15. The Morgan fingerprint density at radius 3 is 3.20 bits per heavy atom. The van der Waals surface area contributed by atoms with E-state index in [1.807, 2.05) is 0 Å². The van der Waals surface area contributed by atoms with Crippen LogP contribution in [0.4, 0.5) is 10.9 Å². The van der Waals surface area contributed by atoms with Crippen molar-refractivity contribution in [3.63, 3.8) is 0 Å². The van der Waals surface area contributed by atoms with Gasteiger partial charge in [0.15, 0.2) is 5.13 Å². The predicted octanol–water partition coefficient (Wildman–Crippen LogP) is 1.36. The smallest absolute Gasteiger partial charge is 0.261 e. The second kappa shape index (κ2) is 5.18. The number of nitrogen functional groups attached to an aromatic ring is 1. The molecule has 0 fully saturated rings. The van der Waals surface area contributed by atoms with E-state index in [0.717, 1.165) is 25.2 Å². The number of hydrogen-bond donors (Lipinski definition) is 2. The lowest BCUT2D eigenvalue weighted by Gasteiger charge is -2.20. The topological polar surface area (TPSA) is 84.1 Å². The van der Waals surface area contributed by atoms with Gasteiger partial charge in [-0.3, -0.25) is 10.1 Å². The number of aromatic nitrogens is 2. The molecule has 0 saturated heterocycles. The molecule has 1 aliphatic heterocycles. The zero-order valence-electron chi connectivity index (χ0n) is 11.1. The SMILES string of the molecule is CN1CCc2nc(NC(=O)c3cccnc3N)sc2C1. The van der Waals surface area contributed by atoms with Gasteiger partial charge in [0.2, 0.25) is 0 Å². The molecule has 104 valence electrons. The predicted molar refractivity (Wildman–Crippen MR) is 78.8 cm³/mol. The summed E-state index contributed by atoms with van der Waals surface area (Å²) in [6, 6.07) is 3.34. The number of hydrogen-bond acceptors (Lipinski definition) is 6. The fraction of sp³-hybridized carbons (Fsp3) is 0.308. The van der Waals surface area contributed by atoms with Crippen LogP contribution in [-0.4, -0.2) is 34.4 Å². The highest BCUT2D eigenvalue weighted by Gasteiger charge is 2.20. The van der Waals surface area contributed by atoms with Crippen LogP contribution in [0.2, 0.25) is 0 Å². The van der Waals surface area contributed by atoms with Gasteiger partial charge in [0.25, 0.3) is 5.91 Å². The minimum Gasteiger partial charge on any atom is -0.383 e. The van der Waals surface area contributed by atoms with Gasteiger partial charge in [0.1, 0.15) is 5.82 Å². The van der Waals surface area contributed by atoms with Crippen LogP contribution in [0.15, 0.2) is 18.3 Å². The molecule has 2 aromatic heterocycles. The van der Waals surface area contributed by atoms with Crippen molar-refractivity contribution in [2.75, 3.05) is 24.6 Å². The van der Waals surface area contributed by atoms with Crippen LogP contribution >= 0.6 is 11.3 Å². The number of carbonyl (C=O) groups is 1. The lowest BCUT2D eigenvalue weighted by Crippen LogP contribution is -2.25. The largest absolute Gasteiger partial charge is 0.383 e. The highest BCUT2D eigenvalue weighted by Crippen LogP contribution is 2.28. The van der Waals surface area contributed by atoms with Crippen LogP contribution < -0.4 is 11.1 Å². The molecular weight excluding hydrogens is 274 g/mol. The van der Waals surface area contributed by atoms with E-state index in [1.54, 1.807) is 18.3 Å². The van der Waals surface area contributed by atoms with Gasteiger partial charge in [0.05, 0.1) is 11.3 Å². The van der Waals surface area contributed by atoms with Crippen molar-refractivity contribution in [2.45, 2.75) is 13.0 Å². The van der Waals surface area contributed by atoms with Crippen molar-refractivity contribution in [1.29, 1.82) is 0 Å². The maximum absolute atomic E-state index is 12.1. The minimum absolute atomic E-state index is 0.228. The monoisotopic (exact) mass is 289 g/mol. The Balaban J connectivity index is 1.79. The summed E-state index contributed by atoms with van der Waals surface area (Å²) < 4.78 is 0. The molecule has 0 radical (unpaired) electrons. The van der Waals surface area contributed by atoms with Crippen LogP contribution in [0.5, 0.6) is 0 Å². The summed E-state index contributed by atoms with van der Waals surface area (Å²) in [6.45, 7) is 1.89. The Kier molecular flexibility index (Phi) is 3.37. The van der Waals surface area contributed by atoms with E-state index in [2.05, 4.69) is 27.2 Å². The molecule has 6 nitrogen and oxygen atoms in total. The lowest BCUT2D eigenvalue weighted by molar-refractivity contribution is 0.102. The molecule has 0 bridgehead atoms. The quantitative estimate of drug-likeness (QED) is 0.872. The number of likely N-dealkylation sites (N-methyl/N-ethyl adjacent to an activating group) is 1. The fourth-order valence-electron chi connectivity index (χ4n) is 2.15. The van der Waals surface area contributed by atoms with Gasteiger partial charge in [-0.15, -0.1) is 11.3 Å². The molecule has 0 spiro atoms. The van der Waals surface area contributed by atoms with Gasteiger partial charge < -0.3 is 10.6 Å². The van der Waals surface area contributed by atoms with Crippen LogP contribution in [0.1, 0.15) is 20.9 Å². The molecule has 3 heterocycles. The number of thiazole rings is 1. The molecule has 0 aliphatic carbocycles. The molecule has 0 aromatic carbocycles. The first-order valence-electron chi connectivity index (χ1n) is 6.32. The molecule has 0 saturated carbocycles. The first-order valence-corrected chi connectivity index (χ1v) is 7.14. The van der Waals surface area contributed by atoms with Crippen LogP contribution in [0.25, 0.3) is 0 Å². The normalized spacial score (nSPS) is 14.8. The number of carbonyl (C=O) groups excluding carboxylic acids is 1. The second-order valence-electron chi connectivity index (χ2n) is 4.77. The van der Waals surface area contributed by atoms with E-state index < -0.39 is 0 Å². The Morgan fingerprint density at radius 1 is 1.55 bits per heavy atom. The molecule has 2 aromatic rings. The van der Waals surface area contributed by atoms with Crippen molar-refractivity contribution in [3.8, 4) is 0 Å². The Labute approximate surface area is 120 Å². The Morgan fingerprint density at radius 2 is 2.40 bits per heavy atom. The maximum atomic E-state index is 12.1. The van der Waals surface area contributed by atoms with Gasteiger partial charge in [0, 0.05) is 30.6 Å². The molecule has 7 heteroatoms. The van der Waals surface area contributed by atoms with Crippen molar-refractivity contribution < 1.29 is 4.79 Å². The standard InChI is InChI=1S/C13H15N5OS/c1-18-6-4-9-10(7-18)20-13(16-9)17-12(19)8-3-2-5-15-11(8)14/h2-3,5H,4,6-7H2,1H3,(H2,14,15)(H,16,17,19).